The Morgan fingerprint density at radius 3 is 2.79 bits per heavy atom. The molecule has 0 radical (unpaired) electrons. The second kappa shape index (κ2) is 7.41. The van der Waals surface area contributed by atoms with Crippen molar-refractivity contribution in [3.8, 4) is 0 Å². The molecule has 3 rings (SSSR count). The van der Waals surface area contributed by atoms with Gasteiger partial charge >= 0.3 is 0 Å². The second-order valence-corrected chi connectivity index (χ2v) is 6.92. The van der Waals surface area contributed by atoms with Crippen molar-refractivity contribution in [1.29, 1.82) is 0 Å². The van der Waals surface area contributed by atoms with E-state index >= 15 is 0 Å². The Bertz CT molecular complexity index is 879. The number of amides is 1. The highest BCUT2D eigenvalue weighted by atomic mass is 32.2. The minimum atomic E-state index is -0.556. The molecule has 0 aliphatic carbocycles. The van der Waals surface area contributed by atoms with E-state index in [-0.39, 0.29) is 11.5 Å². The van der Waals surface area contributed by atoms with Crippen LogP contribution in [0.15, 0.2) is 57.9 Å². The number of benzene rings is 1. The fourth-order valence-electron chi connectivity index (χ4n) is 2.08. The van der Waals surface area contributed by atoms with Crippen molar-refractivity contribution in [2.45, 2.75) is 17.3 Å². The Morgan fingerprint density at radius 2 is 2.12 bits per heavy atom. The number of nitrogens with zero attached hydrogens (tertiary/aromatic N) is 2. The van der Waals surface area contributed by atoms with Crippen LogP contribution in [0, 0.1) is 6.92 Å². The number of aryl methyl sites for hydroxylation is 1. The van der Waals surface area contributed by atoms with E-state index in [2.05, 4.69) is 20.3 Å². The Labute approximate surface area is 146 Å². The van der Waals surface area contributed by atoms with Gasteiger partial charge in [0.05, 0.1) is 0 Å². The van der Waals surface area contributed by atoms with Crippen LogP contribution in [0.1, 0.15) is 16.5 Å². The standard InChI is InChI=1S/C16H14N4O2S2/c1-10-9-12(21)19-16(18-10)24-13(11-5-3-2-4-6-11)14(22)20-15-17-7-8-23-15/h2-9,13H,1H3,(H,17,20,22)(H,18,19,21)/t13-/m1/s1. The summed E-state index contributed by atoms with van der Waals surface area (Å²) in [5, 5.41) is 4.97. The zero-order valence-corrected chi connectivity index (χ0v) is 14.4. The summed E-state index contributed by atoms with van der Waals surface area (Å²) in [4.78, 5) is 35.4. The molecule has 0 bridgehead atoms. The zero-order valence-electron chi connectivity index (χ0n) is 12.7. The summed E-state index contributed by atoms with van der Waals surface area (Å²) >= 11 is 2.55. The van der Waals surface area contributed by atoms with Crippen LogP contribution in [0.4, 0.5) is 5.13 Å². The third-order valence-corrected chi connectivity index (χ3v) is 4.91. The summed E-state index contributed by atoms with van der Waals surface area (Å²) in [6.07, 6.45) is 1.63. The summed E-state index contributed by atoms with van der Waals surface area (Å²) in [5.41, 5.74) is 1.19. The lowest BCUT2D eigenvalue weighted by molar-refractivity contribution is -0.115. The van der Waals surface area contributed by atoms with Gasteiger partial charge in [0.2, 0.25) is 5.91 Å². The Hall–Kier alpha value is -2.45. The molecule has 1 amide bonds. The number of thiazole rings is 1. The molecule has 2 N–H and O–H groups in total. The molecule has 8 heteroatoms. The summed E-state index contributed by atoms with van der Waals surface area (Å²) in [7, 11) is 0. The Morgan fingerprint density at radius 1 is 1.33 bits per heavy atom. The van der Waals surface area contributed by atoms with Crippen LogP contribution < -0.4 is 10.9 Å². The van der Waals surface area contributed by atoms with E-state index < -0.39 is 5.25 Å². The van der Waals surface area contributed by atoms with Crippen molar-refractivity contribution in [2.75, 3.05) is 5.32 Å². The van der Waals surface area contributed by atoms with E-state index in [0.29, 0.717) is 16.0 Å². The number of rotatable bonds is 5. The van der Waals surface area contributed by atoms with Gasteiger partial charge in [0, 0.05) is 23.3 Å². The average molecular weight is 358 g/mol. The van der Waals surface area contributed by atoms with Crippen LogP contribution >= 0.6 is 23.1 Å². The number of thioether (sulfide) groups is 1. The fourth-order valence-corrected chi connectivity index (χ4v) is 3.65. The lowest BCUT2D eigenvalue weighted by Crippen LogP contribution is -2.20. The summed E-state index contributed by atoms with van der Waals surface area (Å²) in [6, 6.07) is 10.8. The number of H-pyrrole nitrogens is 1. The van der Waals surface area contributed by atoms with Crippen molar-refractivity contribution in [1.82, 2.24) is 15.0 Å². The third kappa shape index (κ3) is 4.09. The number of aromatic amines is 1. The van der Waals surface area contributed by atoms with Crippen molar-refractivity contribution < 1.29 is 4.79 Å². The molecule has 0 saturated carbocycles. The minimum Gasteiger partial charge on any atom is -0.301 e. The minimum absolute atomic E-state index is 0.217. The molecule has 1 atom stereocenters. The van der Waals surface area contributed by atoms with Crippen LogP contribution in [0.5, 0.6) is 0 Å². The van der Waals surface area contributed by atoms with Crippen LogP contribution in [-0.2, 0) is 4.79 Å². The molecule has 122 valence electrons. The van der Waals surface area contributed by atoms with E-state index in [0.717, 1.165) is 5.56 Å². The molecular weight excluding hydrogens is 344 g/mol. The van der Waals surface area contributed by atoms with Gasteiger partial charge in [-0.15, -0.1) is 11.3 Å². The van der Waals surface area contributed by atoms with Gasteiger partial charge in [-0.1, -0.05) is 42.1 Å². The first-order chi connectivity index (χ1) is 11.6. The van der Waals surface area contributed by atoms with Crippen molar-refractivity contribution in [3.63, 3.8) is 0 Å². The zero-order chi connectivity index (χ0) is 16.9. The molecule has 0 fully saturated rings. The van der Waals surface area contributed by atoms with E-state index in [1.54, 1.807) is 18.5 Å². The quantitative estimate of drug-likeness (QED) is 0.541. The first-order valence-corrected chi connectivity index (χ1v) is 8.87. The molecule has 24 heavy (non-hydrogen) atoms. The Kier molecular flexibility index (Phi) is 5.07. The number of hydrogen-bond donors (Lipinski definition) is 2. The van der Waals surface area contributed by atoms with E-state index in [9.17, 15) is 9.59 Å². The van der Waals surface area contributed by atoms with E-state index in [4.69, 9.17) is 0 Å². The van der Waals surface area contributed by atoms with Crippen LogP contribution in [-0.4, -0.2) is 20.9 Å². The SMILES string of the molecule is Cc1cc(=O)[nH]c(S[C@@H](C(=O)Nc2nccs2)c2ccccc2)n1. The maximum atomic E-state index is 12.7. The van der Waals surface area contributed by atoms with Gasteiger partial charge in [-0.05, 0) is 12.5 Å². The fraction of sp³-hybridized carbons (Fsp3) is 0.125. The highest BCUT2D eigenvalue weighted by Crippen LogP contribution is 2.34. The first-order valence-electron chi connectivity index (χ1n) is 7.12. The third-order valence-electron chi connectivity index (χ3n) is 3.08. The maximum Gasteiger partial charge on any atom is 0.251 e. The van der Waals surface area contributed by atoms with E-state index in [1.165, 1.54) is 29.2 Å². The topological polar surface area (TPSA) is 87.7 Å². The largest absolute Gasteiger partial charge is 0.301 e. The average Bonchev–Trinajstić information content (AvgIpc) is 3.05. The van der Waals surface area contributed by atoms with Crippen molar-refractivity contribution in [3.05, 3.63) is 69.6 Å². The molecule has 0 saturated heterocycles. The normalized spacial score (nSPS) is 11.9. The smallest absolute Gasteiger partial charge is 0.251 e. The molecule has 0 aliphatic rings. The monoisotopic (exact) mass is 358 g/mol. The second-order valence-electron chi connectivity index (χ2n) is 4.93. The predicted octanol–water partition coefficient (Wildman–Crippen LogP) is 3.01. The molecule has 1 aromatic carbocycles. The number of nitrogens with one attached hydrogen (secondary N) is 2. The molecular formula is C16H14N4O2S2. The van der Waals surface area contributed by atoms with Crippen LogP contribution in [0.25, 0.3) is 0 Å². The molecule has 3 aromatic rings. The van der Waals surface area contributed by atoms with Gasteiger partial charge in [0.25, 0.3) is 5.56 Å². The van der Waals surface area contributed by atoms with Crippen molar-refractivity contribution >= 4 is 34.1 Å². The molecule has 0 aliphatic heterocycles. The lowest BCUT2D eigenvalue weighted by Gasteiger charge is -2.15. The Balaban J connectivity index is 1.90. The maximum absolute atomic E-state index is 12.7. The highest BCUT2D eigenvalue weighted by Gasteiger charge is 2.24. The summed E-state index contributed by atoms with van der Waals surface area (Å²) < 4.78 is 0. The van der Waals surface area contributed by atoms with E-state index in [1.807, 2.05) is 30.3 Å². The molecule has 6 nitrogen and oxygen atoms in total. The molecule has 2 heterocycles. The van der Waals surface area contributed by atoms with Gasteiger partial charge in [-0.3, -0.25) is 9.59 Å². The first kappa shape index (κ1) is 16.4. The summed E-state index contributed by atoms with van der Waals surface area (Å²) in [5.74, 6) is -0.217. The number of anilines is 1. The van der Waals surface area contributed by atoms with Gasteiger partial charge in [0.15, 0.2) is 10.3 Å². The predicted molar refractivity (Wildman–Crippen MR) is 95.4 cm³/mol. The van der Waals surface area contributed by atoms with Crippen molar-refractivity contribution in [2.24, 2.45) is 0 Å². The lowest BCUT2D eigenvalue weighted by atomic mass is 10.1. The molecule has 0 spiro atoms. The molecule has 2 aromatic heterocycles. The summed E-state index contributed by atoms with van der Waals surface area (Å²) in [6.45, 7) is 1.74. The highest BCUT2D eigenvalue weighted by molar-refractivity contribution is 8.00. The molecule has 0 unspecified atom stereocenters. The number of aromatic nitrogens is 3. The number of carbonyl (C=O) groups is 1. The van der Waals surface area contributed by atoms with Gasteiger partial charge in [-0.2, -0.15) is 0 Å². The van der Waals surface area contributed by atoms with Crippen LogP contribution in [0.3, 0.4) is 0 Å². The van der Waals surface area contributed by atoms with Gasteiger partial charge in [0.1, 0.15) is 5.25 Å². The van der Waals surface area contributed by atoms with Gasteiger partial charge in [-0.25, -0.2) is 9.97 Å². The van der Waals surface area contributed by atoms with Crippen LogP contribution in [0.2, 0.25) is 0 Å². The number of carbonyl (C=O) groups excluding carboxylic acids is 1. The number of hydrogen-bond acceptors (Lipinski definition) is 6. The van der Waals surface area contributed by atoms with Gasteiger partial charge < -0.3 is 10.3 Å².